The second-order valence-electron chi connectivity index (χ2n) is 9.97. The van der Waals surface area contributed by atoms with Crippen LogP contribution in [-0.4, -0.2) is 47.0 Å². The number of anilines is 1. The van der Waals surface area contributed by atoms with E-state index in [0.717, 1.165) is 36.6 Å². The van der Waals surface area contributed by atoms with Crippen LogP contribution in [0.5, 0.6) is 0 Å². The minimum absolute atomic E-state index is 0.0429. The second-order valence-corrected chi connectivity index (χ2v) is 11.1. The quantitative estimate of drug-likeness (QED) is 0.552. The summed E-state index contributed by atoms with van der Waals surface area (Å²) in [5.41, 5.74) is 2.28. The van der Waals surface area contributed by atoms with Crippen molar-refractivity contribution in [2.75, 3.05) is 31.1 Å². The van der Waals surface area contributed by atoms with Crippen molar-refractivity contribution < 1.29 is 9.18 Å². The monoisotopic (exact) mass is 452 g/mol. The first-order valence-corrected chi connectivity index (χ1v) is 12.2. The van der Waals surface area contributed by atoms with E-state index >= 15 is 0 Å². The summed E-state index contributed by atoms with van der Waals surface area (Å²) in [6, 6.07) is 5.79. The summed E-state index contributed by atoms with van der Waals surface area (Å²) < 4.78 is 13.2. The number of aromatic nitrogens is 2. The van der Waals surface area contributed by atoms with Gasteiger partial charge in [0.15, 0.2) is 0 Å². The molecule has 5 rings (SSSR count). The normalized spacial score (nSPS) is 19.3. The van der Waals surface area contributed by atoms with Crippen molar-refractivity contribution in [2.24, 2.45) is 11.3 Å². The molecule has 1 aliphatic heterocycles. The number of nitrogens with zero attached hydrogens (tertiary/aromatic N) is 4. The minimum Gasteiger partial charge on any atom is -0.352 e. The highest BCUT2D eigenvalue weighted by molar-refractivity contribution is 7.19. The van der Waals surface area contributed by atoms with Crippen molar-refractivity contribution in [3.05, 3.63) is 52.4 Å². The van der Waals surface area contributed by atoms with Gasteiger partial charge >= 0.3 is 0 Å². The number of amides is 1. The molecule has 5 nitrogen and oxygen atoms in total. The van der Waals surface area contributed by atoms with Crippen molar-refractivity contribution in [2.45, 2.75) is 40.0 Å². The molecule has 7 heteroatoms. The fourth-order valence-electron chi connectivity index (χ4n) is 4.97. The Labute approximate surface area is 192 Å². The van der Waals surface area contributed by atoms with Crippen molar-refractivity contribution >= 4 is 33.3 Å². The zero-order valence-electron chi connectivity index (χ0n) is 18.9. The van der Waals surface area contributed by atoms with Crippen LogP contribution in [0.2, 0.25) is 0 Å². The zero-order chi connectivity index (χ0) is 22.5. The van der Waals surface area contributed by atoms with Crippen LogP contribution in [0, 0.1) is 17.2 Å². The average Bonchev–Trinajstić information content (AvgIpc) is 3.17. The van der Waals surface area contributed by atoms with E-state index in [-0.39, 0.29) is 11.7 Å². The third-order valence-electron chi connectivity index (χ3n) is 7.01. The van der Waals surface area contributed by atoms with Crippen molar-refractivity contribution in [3.8, 4) is 0 Å². The lowest BCUT2D eigenvalue weighted by molar-refractivity contribution is 0.0746. The molecule has 168 valence electrons. The maximum Gasteiger partial charge on any atom is 0.253 e. The molecule has 1 fully saturated rings. The van der Waals surface area contributed by atoms with Crippen LogP contribution in [-0.2, 0) is 12.8 Å². The van der Waals surface area contributed by atoms with Crippen LogP contribution < -0.4 is 4.90 Å². The zero-order valence-corrected chi connectivity index (χ0v) is 19.7. The molecule has 0 bridgehead atoms. The topological polar surface area (TPSA) is 49.3 Å². The fraction of sp³-hybridized carbons (Fsp3) is 0.480. The number of rotatable bonds is 2. The van der Waals surface area contributed by atoms with E-state index in [1.54, 1.807) is 18.5 Å². The molecule has 32 heavy (non-hydrogen) atoms. The molecule has 2 aromatic heterocycles. The molecule has 0 saturated carbocycles. The third kappa shape index (κ3) is 3.87. The number of thiophene rings is 1. The molecule has 1 atom stereocenters. The van der Waals surface area contributed by atoms with Gasteiger partial charge in [0.1, 0.15) is 22.8 Å². The summed E-state index contributed by atoms with van der Waals surface area (Å²) in [6.07, 6.45) is 5.09. The number of halogens is 1. The summed E-state index contributed by atoms with van der Waals surface area (Å²) >= 11 is 1.83. The lowest BCUT2D eigenvalue weighted by Crippen LogP contribution is -2.49. The average molecular weight is 453 g/mol. The van der Waals surface area contributed by atoms with Gasteiger partial charge in [-0.05, 0) is 60.4 Å². The summed E-state index contributed by atoms with van der Waals surface area (Å²) in [5.74, 6) is 1.33. The van der Waals surface area contributed by atoms with Gasteiger partial charge in [-0.3, -0.25) is 4.79 Å². The maximum absolute atomic E-state index is 13.2. The summed E-state index contributed by atoms with van der Waals surface area (Å²) in [4.78, 5) is 28.8. The van der Waals surface area contributed by atoms with Crippen LogP contribution in [0.4, 0.5) is 10.2 Å². The highest BCUT2D eigenvalue weighted by Crippen LogP contribution is 2.44. The Morgan fingerprint density at radius 2 is 1.81 bits per heavy atom. The molecule has 3 heterocycles. The Morgan fingerprint density at radius 1 is 1.09 bits per heavy atom. The van der Waals surface area contributed by atoms with Gasteiger partial charge in [-0.15, -0.1) is 11.3 Å². The van der Waals surface area contributed by atoms with Crippen LogP contribution >= 0.6 is 11.3 Å². The fourth-order valence-corrected chi connectivity index (χ4v) is 6.23. The number of carbonyl (C=O) groups is 1. The Bertz CT molecular complexity index is 1140. The van der Waals surface area contributed by atoms with Crippen LogP contribution in [0.15, 0.2) is 30.6 Å². The Balaban J connectivity index is 1.36. The molecule has 0 radical (unpaired) electrons. The van der Waals surface area contributed by atoms with Gasteiger partial charge in [-0.1, -0.05) is 20.8 Å². The van der Waals surface area contributed by atoms with E-state index in [2.05, 4.69) is 30.7 Å². The third-order valence-corrected chi connectivity index (χ3v) is 8.17. The van der Waals surface area contributed by atoms with Gasteiger partial charge in [0, 0.05) is 36.6 Å². The first-order valence-electron chi connectivity index (χ1n) is 11.4. The predicted octanol–water partition coefficient (Wildman–Crippen LogP) is 4.94. The molecular weight excluding hydrogens is 423 g/mol. The van der Waals surface area contributed by atoms with Gasteiger partial charge in [0.25, 0.3) is 5.91 Å². The van der Waals surface area contributed by atoms with E-state index in [1.165, 1.54) is 34.4 Å². The molecular formula is C25H29FN4OS. The SMILES string of the molecule is CC(C)(C)[C@@H]1CCc2c(sc3ncnc(N4CCN(C(=O)c5ccc(F)cc5)CC4)c23)C1. The highest BCUT2D eigenvalue weighted by atomic mass is 32.1. The Kier molecular flexibility index (Phi) is 5.40. The second kappa shape index (κ2) is 8.10. The smallest absolute Gasteiger partial charge is 0.253 e. The lowest BCUT2D eigenvalue weighted by atomic mass is 9.72. The first-order chi connectivity index (χ1) is 15.3. The molecule has 0 unspecified atom stereocenters. The van der Waals surface area contributed by atoms with E-state index in [4.69, 9.17) is 4.98 Å². The van der Waals surface area contributed by atoms with Gasteiger partial charge in [0.05, 0.1) is 5.39 Å². The van der Waals surface area contributed by atoms with Crippen molar-refractivity contribution in [1.29, 1.82) is 0 Å². The van der Waals surface area contributed by atoms with Gasteiger partial charge in [0.2, 0.25) is 0 Å². The lowest BCUT2D eigenvalue weighted by Gasteiger charge is -2.36. The molecule has 1 aromatic carbocycles. The number of benzene rings is 1. The minimum atomic E-state index is -0.327. The standard InChI is InChI=1S/C25H29FN4OS/c1-25(2,3)17-6-9-19-20(14-17)32-23-21(19)22(27-15-28-23)29-10-12-30(13-11-29)24(31)16-4-7-18(26)8-5-16/h4-5,7-8,15,17H,6,9-14H2,1-3H3/t17-/m1/s1. The maximum atomic E-state index is 13.2. The van der Waals surface area contributed by atoms with Crippen molar-refractivity contribution in [1.82, 2.24) is 14.9 Å². The Hall–Kier alpha value is -2.54. The molecule has 2 aliphatic rings. The summed E-state index contributed by atoms with van der Waals surface area (Å²) in [5, 5.41) is 1.22. The number of carbonyl (C=O) groups excluding carboxylic acids is 1. The largest absolute Gasteiger partial charge is 0.352 e. The number of hydrogen-bond acceptors (Lipinski definition) is 5. The predicted molar refractivity (Wildman–Crippen MR) is 127 cm³/mol. The molecule has 1 saturated heterocycles. The molecule has 1 amide bonds. The summed E-state index contributed by atoms with van der Waals surface area (Å²) in [7, 11) is 0. The van der Waals surface area contributed by atoms with E-state index in [1.807, 2.05) is 16.2 Å². The number of hydrogen-bond donors (Lipinski definition) is 0. The van der Waals surface area contributed by atoms with Gasteiger partial charge < -0.3 is 9.80 Å². The number of aryl methyl sites for hydroxylation is 1. The molecule has 0 N–H and O–H groups in total. The molecule has 1 aliphatic carbocycles. The number of piperazine rings is 1. The van der Waals surface area contributed by atoms with E-state index in [9.17, 15) is 9.18 Å². The van der Waals surface area contributed by atoms with E-state index < -0.39 is 0 Å². The van der Waals surface area contributed by atoms with Gasteiger partial charge in [-0.2, -0.15) is 0 Å². The first kappa shape index (κ1) is 21.3. The van der Waals surface area contributed by atoms with Crippen molar-refractivity contribution in [3.63, 3.8) is 0 Å². The van der Waals surface area contributed by atoms with Crippen LogP contribution in [0.3, 0.4) is 0 Å². The highest BCUT2D eigenvalue weighted by Gasteiger charge is 2.33. The molecule has 3 aromatic rings. The number of fused-ring (bicyclic) bond motifs is 3. The van der Waals surface area contributed by atoms with Crippen LogP contribution in [0.1, 0.15) is 48.0 Å². The Morgan fingerprint density at radius 3 is 2.50 bits per heavy atom. The van der Waals surface area contributed by atoms with Gasteiger partial charge in [-0.25, -0.2) is 14.4 Å². The summed E-state index contributed by atoms with van der Waals surface area (Å²) in [6.45, 7) is 9.73. The van der Waals surface area contributed by atoms with E-state index in [0.29, 0.717) is 30.0 Å². The molecule has 0 spiro atoms. The van der Waals surface area contributed by atoms with Crippen LogP contribution in [0.25, 0.3) is 10.2 Å².